The smallest absolute Gasteiger partial charge is 0.228 e. The van der Waals surface area contributed by atoms with Gasteiger partial charge in [-0.1, -0.05) is 12.1 Å². The molecule has 0 aliphatic carbocycles. The summed E-state index contributed by atoms with van der Waals surface area (Å²) in [7, 11) is -3.71. The van der Waals surface area contributed by atoms with Crippen LogP contribution in [0.4, 0.5) is 5.69 Å². The lowest BCUT2D eigenvalue weighted by Crippen LogP contribution is -2.32. The van der Waals surface area contributed by atoms with Crippen LogP contribution in [0.1, 0.15) is 6.42 Å². The summed E-state index contributed by atoms with van der Waals surface area (Å²) in [6, 6.07) is 9.09. The van der Waals surface area contributed by atoms with Gasteiger partial charge in [-0.05, 0) is 18.2 Å². The number of amides is 1. The number of sulfonamides is 1. The zero-order valence-corrected chi connectivity index (χ0v) is 11.9. The normalized spacial score (nSPS) is 19.2. The van der Waals surface area contributed by atoms with Gasteiger partial charge in [-0.2, -0.15) is 5.10 Å². The minimum atomic E-state index is -3.71. The molecule has 1 unspecified atom stereocenters. The van der Waals surface area contributed by atoms with Crippen molar-refractivity contribution in [1.82, 2.24) is 10.2 Å². The number of hydrogen-bond acceptors (Lipinski definition) is 4. The minimum absolute atomic E-state index is 0.0763. The van der Waals surface area contributed by atoms with E-state index >= 15 is 0 Å². The van der Waals surface area contributed by atoms with Crippen molar-refractivity contribution >= 4 is 21.6 Å². The van der Waals surface area contributed by atoms with Gasteiger partial charge in [0.05, 0.1) is 5.69 Å². The summed E-state index contributed by atoms with van der Waals surface area (Å²) in [5, 5.41) is 11.0. The van der Waals surface area contributed by atoms with E-state index < -0.39 is 15.3 Å². The fourth-order valence-corrected chi connectivity index (χ4v) is 3.13. The second-order valence-electron chi connectivity index (χ2n) is 4.94. The fraction of sp³-hybridized carbons (Fsp3) is 0.231. The van der Waals surface area contributed by atoms with Gasteiger partial charge in [-0.15, -0.1) is 0 Å². The number of hydrogen-bond donors (Lipinski definition) is 2. The molecule has 1 aromatic carbocycles. The molecule has 1 aliphatic rings. The Hall–Kier alpha value is -2.19. The maximum absolute atomic E-state index is 12.0. The van der Waals surface area contributed by atoms with Gasteiger partial charge in [0.2, 0.25) is 15.9 Å². The molecule has 1 aromatic heterocycles. The molecule has 1 amide bonds. The fourth-order valence-electron chi connectivity index (χ4n) is 2.40. The first-order chi connectivity index (χ1) is 9.95. The molecule has 8 heteroatoms. The van der Waals surface area contributed by atoms with Gasteiger partial charge >= 0.3 is 0 Å². The standard InChI is InChI=1S/C13H14N4O3S/c14-21(19,20)11-7-13(18)17(8-11)10-3-1-2-9(6-10)12-4-5-15-16-12/h1-6,11H,7-8H2,(H,15,16)(H2,14,19,20). The number of nitrogens with two attached hydrogens (primary N) is 1. The second-order valence-corrected chi connectivity index (χ2v) is 6.78. The van der Waals surface area contributed by atoms with Gasteiger partial charge < -0.3 is 4.90 Å². The van der Waals surface area contributed by atoms with E-state index in [0.717, 1.165) is 11.3 Å². The van der Waals surface area contributed by atoms with Crippen LogP contribution in [0.2, 0.25) is 0 Å². The SMILES string of the molecule is NS(=O)(=O)C1CC(=O)N(c2cccc(-c3ccn[nH]3)c2)C1. The summed E-state index contributed by atoms with van der Waals surface area (Å²) in [6.45, 7) is 0.0874. The van der Waals surface area contributed by atoms with Crippen molar-refractivity contribution < 1.29 is 13.2 Å². The van der Waals surface area contributed by atoms with Crippen LogP contribution < -0.4 is 10.0 Å². The highest BCUT2D eigenvalue weighted by atomic mass is 32.2. The minimum Gasteiger partial charge on any atom is -0.311 e. The molecule has 0 saturated carbocycles. The first kappa shape index (κ1) is 13.8. The summed E-state index contributed by atoms with van der Waals surface area (Å²) in [4.78, 5) is 13.5. The van der Waals surface area contributed by atoms with E-state index in [1.54, 1.807) is 12.3 Å². The van der Waals surface area contributed by atoms with Gasteiger partial charge in [0.15, 0.2) is 0 Å². The number of nitrogens with zero attached hydrogens (tertiary/aromatic N) is 2. The molecule has 2 heterocycles. The van der Waals surface area contributed by atoms with Crippen LogP contribution >= 0.6 is 0 Å². The molecular formula is C13H14N4O3S. The Morgan fingerprint density at radius 3 is 2.76 bits per heavy atom. The summed E-state index contributed by atoms with van der Waals surface area (Å²) < 4.78 is 22.8. The molecule has 1 saturated heterocycles. The predicted molar refractivity (Wildman–Crippen MR) is 77.9 cm³/mol. The number of H-pyrrole nitrogens is 1. The number of aromatic nitrogens is 2. The lowest BCUT2D eigenvalue weighted by molar-refractivity contribution is -0.117. The molecule has 3 N–H and O–H groups in total. The first-order valence-corrected chi connectivity index (χ1v) is 7.98. The number of carbonyl (C=O) groups is 1. The van der Waals surface area contributed by atoms with E-state index in [0.29, 0.717) is 5.69 Å². The van der Waals surface area contributed by atoms with Crippen molar-refractivity contribution in [3.05, 3.63) is 36.5 Å². The number of primary sulfonamides is 1. The van der Waals surface area contributed by atoms with E-state index in [9.17, 15) is 13.2 Å². The largest absolute Gasteiger partial charge is 0.311 e. The number of rotatable bonds is 3. The Morgan fingerprint density at radius 2 is 2.14 bits per heavy atom. The molecule has 110 valence electrons. The van der Waals surface area contributed by atoms with Crippen LogP contribution in [0.25, 0.3) is 11.3 Å². The molecule has 0 radical (unpaired) electrons. The zero-order valence-electron chi connectivity index (χ0n) is 11.1. The first-order valence-electron chi connectivity index (χ1n) is 6.37. The zero-order chi connectivity index (χ0) is 15.0. The van der Waals surface area contributed by atoms with Gasteiger partial charge in [0.1, 0.15) is 5.25 Å². The van der Waals surface area contributed by atoms with Crippen LogP contribution in [-0.4, -0.2) is 36.3 Å². The van der Waals surface area contributed by atoms with E-state index in [1.165, 1.54) is 4.90 Å². The van der Waals surface area contributed by atoms with E-state index in [2.05, 4.69) is 10.2 Å². The van der Waals surface area contributed by atoms with Crippen molar-refractivity contribution in [2.45, 2.75) is 11.7 Å². The Bertz CT molecular complexity index is 770. The molecule has 1 aliphatic heterocycles. The molecule has 3 rings (SSSR count). The van der Waals surface area contributed by atoms with Crippen molar-refractivity contribution in [1.29, 1.82) is 0 Å². The third kappa shape index (κ3) is 2.67. The molecule has 21 heavy (non-hydrogen) atoms. The molecular weight excluding hydrogens is 292 g/mol. The molecule has 2 aromatic rings. The predicted octanol–water partition coefficient (Wildman–Crippen LogP) is 0.471. The second kappa shape index (κ2) is 4.97. The molecule has 1 fully saturated rings. The van der Waals surface area contributed by atoms with Crippen molar-refractivity contribution in [3.8, 4) is 11.3 Å². The third-order valence-corrected chi connectivity index (χ3v) is 4.77. The van der Waals surface area contributed by atoms with Crippen LogP contribution in [0.3, 0.4) is 0 Å². The number of anilines is 1. The van der Waals surface area contributed by atoms with Crippen LogP contribution in [0.5, 0.6) is 0 Å². The number of benzene rings is 1. The van der Waals surface area contributed by atoms with Gasteiger partial charge in [0, 0.05) is 30.4 Å². The number of aromatic amines is 1. The summed E-state index contributed by atoms with van der Waals surface area (Å²) in [5.74, 6) is -0.240. The average molecular weight is 306 g/mol. The average Bonchev–Trinajstić information content (AvgIpc) is 3.07. The Morgan fingerprint density at radius 1 is 1.33 bits per heavy atom. The van der Waals surface area contributed by atoms with Crippen molar-refractivity contribution in [2.75, 3.05) is 11.4 Å². The quantitative estimate of drug-likeness (QED) is 0.859. The maximum Gasteiger partial charge on any atom is 0.228 e. The highest BCUT2D eigenvalue weighted by Crippen LogP contribution is 2.27. The highest BCUT2D eigenvalue weighted by Gasteiger charge is 2.37. The van der Waals surface area contributed by atoms with E-state index in [-0.39, 0.29) is 18.9 Å². The van der Waals surface area contributed by atoms with E-state index in [1.807, 2.05) is 24.3 Å². The topological polar surface area (TPSA) is 109 Å². The highest BCUT2D eigenvalue weighted by molar-refractivity contribution is 7.89. The molecule has 7 nitrogen and oxygen atoms in total. The maximum atomic E-state index is 12.0. The van der Waals surface area contributed by atoms with E-state index in [4.69, 9.17) is 5.14 Å². The van der Waals surface area contributed by atoms with Crippen molar-refractivity contribution in [2.24, 2.45) is 5.14 Å². The lowest BCUT2D eigenvalue weighted by Gasteiger charge is -2.17. The Labute approximate surface area is 121 Å². The number of nitrogens with one attached hydrogen (secondary N) is 1. The van der Waals surface area contributed by atoms with Crippen LogP contribution in [0.15, 0.2) is 36.5 Å². The monoisotopic (exact) mass is 306 g/mol. The number of carbonyl (C=O) groups excluding carboxylic acids is 1. The summed E-state index contributed by atoms with van der Waals surface area (Å²) in [5.41, 5.74) is 2.35. The Kier molecular flexibility index (Phi) is 3.26. The van der Waals surface area contributed by atoms with Gasteiger partial charge in [-0.25, -0.2) is 13.6 Å². The summed E-state index contributed by atoms with van der Waals surface area (Å²) >= 11 is 0. The van der Waals surface area contributed by atoms with Crippen LogP contribution in [0, 0.1) is 0 Å². The van der Waals surface area contributed by atoms with Crippen LogP contribution in [-0.2, 0) is 14.8 Å². The molecule has 0 bridgehead atoms. The molecule has 0 spiro atoms. The summed E-state index contributed by atoms with van der Waals surface area (Å²) in [6.07, 6.45) is 1.56. The molecule has 1 atom stereocenters. The lowest BCUT2D eigenvalue weighted by atomic mass is 10.1. The van der Waals surface area contributed by atoms with Gasteiger partial charge in [-0.3, -0.25) is 9.89 Å². The Balaban J connectivity index is 1.91. The third-order valence-electron chi connectivity index (χ3n) is 3.52. The van der Waals surface area contributed by atoms with Gasteiger partial charge in [0.25, 0.3) is 0 Å². The van der Waals surface area contributed by atoms with Crippen molar-refractivity contribution in [3.63, 3.8) is 0 Å².